The van der Waals surface area contributed by atoms with Crippen molar-refractivity contribution in [2.45, 2.75) is 19.6 Å². The lowest BCUT2D eigenvalue weighted by atomic mass is 10.1. The fourth-order valence-corrected chi connectivity index (χ4v) is 2.61. The van der Waals surface area contributed by atoms with Crippen LogP contribution in [-0.4, -0.2) is 35.0 Å². The Hall–Kier alpha value is -2.51. The van der Waals surface area contributed by atoms with Crippen molar-refractivity contribution in [3.8, 4) is 17.2 Å². The number of nitrogens with zero attached hydrogens (tertiary/aromatic N) is 2. The molecule has 2 aromatic carbocycles. The summed E-state index contributed by atoms with van der Waals surface area (Å²) >= 11 is 0. The maximum Gasteiger partial charge on any atom is 0.129 e. The highest BCUT2D eigenvalue weighted by molar-refractivity contribution is 6.84. The Bertz CT molecular complexity index is 789. The van der Waals surface area contributed by atoms with Gasteiger partial charge in [0.15, 0.2) is 0 Å². The molecule has 0 N–H and O–H groups in total. The van der Waals surface area contributed by atoms with Crippen molar-refractivity contribution in [2.24, 2.45) is 4.99 Å². The highest BCUT2D eigenvalue weighted by Gasteiger charge is 2.09. The monoisotopic (exact) mass is 350 g/mol. The number of aliphatic imine (C=N–C) groups is 1. The lowest BCUT2D eigenvalue weighted by Crippen LogP contribution is -2.17. The number of anilines is 1. The molecule has 0 radical (unpaired) electrons. The van der Waals surface area contributed by atoms with Gasteiger partial charge in [-0.3, -0.25) is 0 Å². The van der Waals surface area contributed by atoms with Gasteiger partial charge in [-0.1, -0.05) is 25.6 Å². The van der Waals surface area contributed by atoms with Crippen LogP contribution >= 0.6 is 0 Å². The standard InChI is InChI=1S/C21H26N2OSi/c1-23(2)19-11-9-18(10-12-19)22-21(15-16-25(4,5)6)17-7-13-20(24-3)14-8-17/h7-14H,1-6H3. The molecule has 3 nitrogen and oxygen atoms in total. The van der Waals surface area contributed by atoms with E-state index in [1.165, 1.54) is 0 Å². The van der Waals surface area contributed by atoms with Crippen LogP contribution in [0.3, 0.4) is 0 Å². The van der Waals surface area contributed by atoms with Gasteiger partial charge in [-0.05, 0) is 48.5 Å². The van der Waals surface area contributed by atoms with E-state index in [0.29, 0.717) is 0 Å². The molecule has 0 amide bonds. The first kappa shape index (κ1) is 18.8. The van der Waals surface area contributed by atoms with E-state index in [1.807, 2.05) is 50.5 Å². The van der Waals surface area contributed by atoms with Crippen LogP contribution in [0.25, 0.3) is 0 Å². The normalized spacial score (nSPS) is 11.5. The first-order chi connectivity index (χ1) is 11.8. The van der Waals surface area contributed by atoms with E-state index in [4.69, 9.17) is 9.73 Å². The van der Waals surface area contributed by atoms with E-state index < -0.39 is 8.07 Å². The maximum atomic E-state index is 5.24. The molecular weight excluding hydrogens is 324 g/mol. The minimum atomic E-state index is -1.49. The molecule has 0 unspecified atom stereocenters. The molecule has 2 aromatic rings. The van der Waals surface area contributed by atoms with Crippen LogP contribution in [0.2, 0.25) is 19.6 Å². The molecule has 0 saturated carbocycles. The zero-order chi connectivity index (χ0) is 18.4. The topological polar surface area (TPSA) is 24.8 Å². The molecular formula is C21H26N2OSi. The van der Waals surface area contributed by atoms with E-state index in [2.05, 4.69) is 48.1 Å². The van der Waals surface area contributed by atoms with Crippen LogP contribution in [0.4, 0.5) is 11.4 Å². The molecule has 0 atom stereocenters. The Morgan fingerprint density at radius 1 is 0.960 bits per heavy atom. The van der Waals surface area contributed by atoms with E-state index >= 15 is 0 Å². The summed E-state index contributed by atoms with van der Waals surface area (Å²) in [6, 6.07) is 16.1. The summed E-state index contributed by atoms with van der Waals surface area (Å²) in [6.45, 7) is 6.70. The molecule has 0 fully saturated rings. The van der Waals surface area contributed by atoms with E-state index in [0.717, 1.165) is 28.4 Å². The Morgan fingerprint density at radius 2 is 1.56 bits per heavy atom. The van der Waals surface area contributed by atoms with Gasteiger partial charge in [-0.25, -0.2) is 4.99 Å². The van der Waals surface area contributed by atoms with E-state index in [-0.39, 0.29) is 0 Å². The first-order valence-electron chi connectivity index (χ1n) is 8.32. The minimum absolute atomic E-state index is 0.794. The summed E-state index contributed by atoms with van der Waals surface area (Å²) in [5.74, 6) is 4.14. The SMILES string of the molecule is COc1ccc(C(C#C[Si](C)(C)C)=Nc2ccc(N(C)C)cc2)cc1. The highest BCUT2D eigenvalue weighted by Crippen LogP contribution is 2.20. The van der Waals surface area contributed by atoms with Gasteiger partial charge in [0.05, 0.1) is 12.8 Å². The molecule has 2 rings (SSSR count). The fraction of sp³-hybridized carbons (Fsp3) is 0.286. The van der Waals surface area contributed by atoms with Crippen LogP contribution in [-0.2, 0) is 0 Å². The average Bonchev–Trinajstić information content (AvgIpc) is 2.58. The molecule has 4 heteroatoms. The Balaban J connectivity index is 2.43. The Morgan fingerprint density at radius 3 is 2.04 bits per heavy atom. The number of hydrogen-bond acceptors (Lipinski definition) is 3. The molecule has 130 valence electrons. The summed E-state index contributed by atoms with van der Waals surface area (Å²) in [4.78, 5) is 6.87. The number of hydrogen-bond donors (Lipinski definition) is 0. The molecule has 0 bridgehead atoms. The van der Waals surface area contributed by atoms with Gasteiger partial charge in [0, 0.05) is 25.3 Å². The molecule has 0 aliphatic rings. The van der Waals surface area contributed by atoms with Crippen molar-refractivity contribution in [3.05, 3.63) is 54.1 Å². The van der Waals surface area contributed by atoms with Crippen molar-refractivity contribution in [2.75, 3.05) is 26.1 Å². The van der Waals surface area contributed by atoms with Gasteiger partial charge in [-0.15, -0.1) is 5.54 Å². The predicted molar refractivity (Wildman–Crippen MR) is 111 cm³/mol. The molecule has 0 aliphatic carbocycles. The van der Waals surface area contributed by atoms with Gasteiger partial charge in [0.2, 0.25) is 0 Å². The third-order valence-electron chi connectivity index (χ3n) is 3.53. The quantitative estimate of drug-likeness (QED) is 0.451. The van der Waals surface area contributed by atoms with Crippen LogP contribution in [0, 0.1) is 11.5 Å². The van der Waals surface area contributed by atoms with Gasteiger partial charge in [0.25, 0.3) is 0 Å². The van der Waals surface area contributed by atoms with E-state index in [1.54, 1.807) is 7.11 Å². The number of rotatable bonds is 4. The lowest BCUT2D eigenvalue weighted by molar-refractivity contribution is 0.415. The van der Waals surface area contributed by atoms with Crippen molar-refractivity contribution in [3.63, 3.8) is 0 Å². The van der Waals surface area contributed by atoms with Crippen LogP contribution in [0.1, 0.15) is 5.56 Å². The summed E-state index contributed by atoms with van der Waals surface area (Å²) in [5, 5.41) is 0. The van der Waals surface area contributed by atoms with Crippen molar-refractivity contribution >= 4 is 25.2 Å². The van der Waals surface area contributed by atoms with Crippen LogP contribution < -0.4 is 9.64 Å². The van der Waals surface area contributed by atoms with Gasteiger partial charge in [0.1, 0.15) is 19.5 Å². The lowest BCUT2D eigenvalue weighted by Gasteiger charge is -2.12. The van der Waals surface area contributed by atoms with Crippen LogP contribution in [0.5, 0.6) is 5.75 Å². The molecule has 0 aliphatic heterocycles. The smallest absolute Gasteiger partial charge is 0.129 e. The summed E-state index contributed by atoms with van der Waals surface area (Å²) in [6.07, 6.45) is 0. The predicted octanol–water partition coefficient (Wildman–Crippen LogP) is 4.76. The third kappa shape index (κ3) is 5.81. The maximum absolute atomic E-state index is 5.24. The minimum Gasteiger partial charge on any atom is -0.497 e. The zero-order valence-corrected chi connectivity index (χ0v) is 16.9. The molecule has 0 heterocycles. The number of benzene rings is 2. The fourth-order valence-electron chi connectivity index (χ4n) is 2.11. The third-order valence-corrected chi connectivity index (χ3v) is 4.40. The Kier molecular flexibility index (Phi) is 6.05. The van der Waals surface area contributed by atoms with Crippen molar-refractivity contribution in [1.29, 1.82) is 0 Å². The molecule has 25 heavy (non-hydrogen) atoms. The summed E-state index contributed by atoms with van der Waals surface area (Å²) in [5.41, 5.74) is 7.27. The zero-order valence-electron chi connectivity index (χ0n) is 15.9. The second-order valence-electron chi connectivity index (χ2n) is 7.10. The largest absolute Gasteiger partial charge is 0.497 e. The first-order valence-corrected chi connectivity index (χ1v) is 11.8. The summed E-state index contributed by atoms with van der Waals surface area (Å²) < 4.78 is 5.24. The number of ether oxygens (including phenoxy) is 1. The van der Waals surface area contributed by atoms with E-state index in [9.17, 15) is 0 Å². The number of methoxy groups -OCH3 is 1. The van der Waals surface area contributed by atoms with Gasteiger partial charge in [-0.2, -0.15) is 0 Å². The second-order valence-corrected chi connectivity index (χ2v) is 11.8. The van der Waals surface area contributed by atoms with Gasteiger partial charge < -0.3 is 9.64 Å². The summed E-state index contributed by atoms with van der Waals surface area (Å²) in [7, 11) is 4.24. The molecule has 0 saturated heterocycles. The van der Waals surface area contributed by atoms with Crippen LogP contribution in [0.15, 0.2) is 53.5 Å². The Labute approximate surface area is 152 Å². The second kappa shape index (κ2) is 8.04. The molecule has 0 spiro atoms. The van der Waals surface area contributed by atoms with Crippen molar-refractivity contribution in [1.82, 2.24) is 0 Å². The molecule has 0 aromatic heterocycles. The average molecular weight is 351 g/mol. The highest BCUT2D eigenvalue weighted by atomic mass is 28.3. The van der Waals surface area contributed by atoms with Gasteiger partial charge >= 0.3 is 0 Å². The van der Waals surface area contributed by atoms with Crippen molar-refractivity contribution < 1.29 is 4.74 Å².